The Morgan fingerprint density at radius 3 is 2.47 bits per heavy atom. The van der Waals surface area contributed by atoms with Gasteiger partial charge in [-0.2, -0.15) is 0 Å². The number of carbonyl (C=O) groups is 1. The van der Waals surface area contributed by atoms with E-state index in [2.05, 4.69) is 70.2 Å². The van der Waals surface area contributed by atoms with Gasteiger partial charge in [0, 0.05) is 55.4 Å². The van der Waals surface area contributed by atoms with E-state index in [1.807, 2.05) is 23.1 Å². The van der Waals surface area contributed by atoms with Crippen LogP contribution in [-0.4, -0.2) is 48.0 Å². The maximum atomic E-state index is 13.2. The van der Waals surface area contributed by atoms with Gasteiger partial charge in [-0.3, -0.25) is 4.79 Å². The molecule has 5 rings (SSSR count). The molecule has 0 radical (unpaired) electrons. The van der Waals surface area contributed by atoms with Crippen LogP contribution in [0.25, 0.3) is 0 Å². The van der Waals surface area contributed by atoms with Crippen LogP contribution in [0.4, 0.5) is 17.2 Å². The first kappa shape index (κ1) is 18.7. The van der Waals surface area contributed by atoms with Crippen LogP contribution in [-0.2, 0) is 6.42 Å². The lowest BCUT2D eigenvalue weighted by molar-refractivity contribution is 0.0746. The summed E-state index contributed by atoms with van der Waals surface area (Å²) in [6.07, 6.45) is 2.76. The van der Waals surface area contributed by atoms with E-state index in [1.54, 1.807) is 6.20 Å². The summed E-state index contributed by atoms with van der Waals surface area (Å²) in [6.45, 7) is 5.37. The molecule has 1 fully saturated rings. The molecule has 0 aliphatic carbocycles. The zero-order valence-electron chi connectivity index (χ0n) is 17.2. The van der Waals surface area contributed by atoms with Crippen molar-refractivity contribution in [2.45, 2.75) is 19.4 Å². The van der Waals surface area contributed by atoms with Crippen molar-refractivity contribution in [3.63, 3.8) is 0 Å². The van der Waals surface area contributed by atoms with Gasteiger partial charge in [-0.15, -0.1) is 0 Å². The third-order valence-corrected chi connectivity index (χ3v) is 6.13. The molecule has 1 unspecified atom stereocenters. The smallest absolute Gasteiger partial charge is 0.254 e. The van der Waals surface area contributed by atoms with E-state index in [0.29, 0.717) is 11.6 Å². The Balaban J connectivity index is 1.32. The Kier molecular flexibility index (Phi) is 4.87. The summed E-state index contributed by atoms with van der Waals surface area (Å²) in [5.41, 5.74) is 4.46. The molecular formula is C25H26N4O. The van der Waals surface area contributed by atoms with Crippen LogP contribution >= 0.6 is 0 Å². The van der Waals surface area contributed by atoms with E-state index in [1.165, 1.54) is 16.9 Å². The van der Waals surface area contributed by atoms with Gasteiger partial charge >= 0.3 is 0 Å². The number of hydrogen-bond acceptors (Lipinski definition) is 4. The van der Waals surface area contributed by atoms with Gasteiger partial charge < -0.3 is 14.7 Å². The van der Waals surface area contributed by atoms with Crippen LogP contribution in [0.3, 0.4) is 0 Å². The highest BCUT2D eigenvalue weighted by Crippen LogP contribution is 2.37. The second kappa shape index (κ2) is 7.82. The number of aromatic nitrogens is 1. The number of rotatable bonds is 3. The van der Waals surface area contributed by atoms with Gasteiger partial charge in [-0.1, -0.05) is 36.4 Å². The first-order valence-electron chi connectivity index (χ1n) is 10.6. The Hall–Kier alpha value is -3.34. The average molecular weight is 399 g/mol. The van der Waals surface area contributed by atoms with Gasteiger partial charge in [0.15, 0.2) is 0 Å². The van der Waals surface area contributed by atoms with E-state index in [0.717, 1.165) is 38.4 Å². The largest absolute Gasteiger partial charge is 0.368 e. The topological polar surface area (TPSA) is 39.7 Å². The molecule has 5 heteroatoms. The minimum Gasteiger partial charge on any atom is -0.368 e. The zero-order valence-corrected chi connectivity index (χ0v) is 17.2. The molecule has 30 heavy (non-hydrogen) atoms. The predicted octanol–water partition coefficient (Wildman–Crippen LogP) is 4.13. The Morgan fingerprint density at radius 1 is 0.933 bits per heavy atom. The van der Waals surface area contributed by atoms with E-state index in [4.69, 9.17) is 0 Å². The van der Waals surface area contributed by atoms with Crippen LogP contribution in [0.5, 0.6) is 0 Å². The molecule has 1 aromatic heterocycles. The number of anilines is 3. The first-order chi connectivity index (χ1) is 14.7. The minimum absolute atomic E-state index is 0.0893. The summed E-state index contributed by atoms with van der Waals surface area (Å²) in [6, 6.07) is 23.0. The number of carbonyl (C=O) groups excluding carboxylic acids is 1. The number of fused-ring (bicyclic) bond motifs is 1. The fourth-order valence-electron chi connectivity index (χ4n) is 4.59. The number of para-hydroxylation sites is 2. The number of benzene rings is 2. The van der Waals surface area contributed by atoms with Crippen LogP contribution in [0.2, 0.25) is 0 Å². The van der Waals surface area contributed by atoms with Crippen LogP contribution in [0.15, 0.2) is 72.9 Å². The fraction of sp³-hybridized carbons (Fsp3) is 0.280. The molecule has 0 saturated carbocycles. The average Bonchev–Trinajstić information content (AvgIpc) is 3.15. The molecule has 1 saturated heterocycles. The van der Waals surface area contributed by atoms with Gasteiger partial charge in [-0.05, 0) is 49.2 Å². The maximum Gasteiger partial charge on any atom is 0.254 e. The monoisotopic (exact) mass is 398 g/mol. The number of piperazine rings is 1. The molecule has 0 bridgehead atoms. The number of amides is 1. The summed E-state index contributed by atoms with van der Waals surface area (Å²) in [4.78, 5) is 24.3. The highest BCUT2D eigenvalue weighted by atomic mass is 16.2. The Labute approximate surface area is 177 Å². The molecule has 2 aliphatic rings. The van der Waals surface area contributed by atoms with Crippen molar-refractivity contribution in [1.82, 2.24) is 9.88 Å². The normalized spacial score (nSPS) is 18.4. The van der Waals surface area contributed by atoms with Crippen molar-refractivity contribution in [1.29, 1.82) is 0 Å². The lowest BCUT2D eigenvalue weighted by atomic mass is 10.1. The fourth-order valence-corrected chi connectivity index (χ4v) is 4.59. The standard InChI is InChI=1S/C25H26N4O/c1-19-17-20-7-5-6-10-23(20)29(19)24-18-21(11-12-26-24)25(30)28-15-13-27(14-16-28)22-8-3-2-4-9-22/h2-12,18-19H,13-17H2,1H3. The predicted molar refractivity (Wildman–Crippen MR) is 121 cm³/mol. The maximum absolute atomic E-state index is 13.2. The lowest BCUT2D eigenvalue weighted by Crippen LogP contribution is -2.48. The summed E-state index contributed by atoms with van der Waals surface area (Å²) < 4.78 is 0. The highest BCUT2D eigenvalue weighted by molar-refractivity contribution is 5.95. The first-order valence-corrected chi connectivity index (χ1v) is 10.6. The van der Waals surface area contributed by atoms with Crippen molar-refractivity contribution in [2.75, 3.05) is 36.0 Å². The third kappa shape index (κ3) is 3.41. The van der Waals surface area contributed by atoms with Gasteiger partial charge in [0.05, 0.1) is 0 Å². The summed E-state index contributed by atoms with van der Waals surface area (Å²) in [5.74, 6) is 0.938. The van der Waals surface area contributed by atoms with E-state index in [9.17, 15) is 4.79 Å². The molecule has 1 amide bonds. The van der Waals surface area contributed by atoms with Crippen LogP contribution < -0.4 is 9.80 Å². The van der Waals surface area contributed by atoms with Crippen LogP contribution in [0.1, 0.15) is 22.8 Å². The molecular weight excluding hydrogens is 372 g/mol. The molecule has 1 atom stereocenters. The van der Waals surface area contributed by atoms with E-state index < -0.39 is 0 Å². The van der Waals surface area contributed by atoms with E-state index in [-0.39, 0.29) is 5.91 Å². The molecule has 2 aromatic carbocycles. The Morgan fingerprint density at radius 2 is 1.67 bits per heavy atom. The number of hydrogen-bond donors (Lipinski definition) is 0. The summed E-state index contributed by atoms with van der Waals surface area (Å²) in [5, 5.41) is 0. The molecule has 3 aromatic rings. The summed E-state index contributed by atoms with van der Waals surface area (Å²) >= 11 is 0. The minimum atomic E-state index is 0.0893. The van der Waals surface area contributed by atoms with Gasteiger partial charge in [0.1, 0.15) is 5.82 Å². The second-order valence-corrected chi connectivity index (χ2v) is 8.07. The van der Waals surface area contributed by atoms with Crippen molar-refractivity contribution >= 4 is 23.1 Å². The SMILES string of the molecule is CC1Cc2ccccc2N1c1cc(C(=O)N2CCN(c3ccccc3)CC2)ccn1. The van der Waals surface area contributed by atoms with Crippen molar-refractivity contribution < 1.29 is 4.79 Å². The molecule has 3 heterocycles. The van der Waals surface area contributed by atoms with E-state index >= 15 is 0 Å². The molecule has 0 N–H and O–H groups in total. The lowest BCUT2D eigenvalue weighted by Gasteiger charge is -2.36. The quantitative estimate of drug-likeness (QED) is 0.665. The van der Waals surface area contributed by atoms with Gasteiger partial charge in [-0.25, -0.2) is 4.98 Å². The third-order valence-electron chi connectivity index (χ3n) is 6.13. The van der Waals surface area contributed by atoms with Crippen molar-refractivity contribution in [3.05, 3.63) is 84.1 Å². The molecule has 152 valence electrons. The highest BCUT2D eigenvalue weighted by Gasteiger charge is 2.29. The van der Waals surface area contributed by atoms with Crippen molar-refractivity contribution in [3.8, 4) is 0 Å². The molecule has 0 spiro atoms. The van der Waals surface area contributed by atoms with Crippen molar-refractivity contribution in [2.24, 2.45) is 0 Å². The zero-order chi connectivity index (χ0) is 20.5. The number of pyridine rings is 1. The second-order valence-electron chi connectivity index (χ2n) is 8.07. The number of nitrogens with zero attached hydrogens (tertiary/aromatic N) is 4. The van der Waals surface area contributed by atoms with Gasteiger partial charge in [0.2, 0.25) is 0 Å². The Bertz CT molecular complexity index is 1040. The van der Waals surface area contributed by atoms with Gasteiger partial charge in [0.25, 0.3) is 5.91 Å². The summed E-state index contributed by atoms with van der Waals surface area (Å²) in [7, 11) is 0. The van der Waals surface area contributed by atoms with Crippen LogP contribution in [0, 0.1) is 0 Å². The molecule has 5 nitrogen and oxygen atoms in total. The molecule has 2 aliphatic heterocycles.